The number of hydrogen-bond donors (Lipinski definition) is 3. The summed E-state index contributed by atoms with van der Waals surface area (Å²) in [6, 6.07) is 9.02. The third kappa shape index (κ3) is 5.72. The van der Waals surface area contributed by atoms with Gasteiger partial charge in [0.25, 0.3) is 11.8 Å². The number of carbonyl (C=O) groups is 2. The van der Waals surface area contributed by atoms with Crippen molar-refractivity contribution in [3.63, 3.8) is 0 Å². The van der Waals surface area contributed by atoms with Crippen molar-refractivity contribution in [2.75, 3.05) is 14.2 Å². The Morgan fingerprint density at radius 2 is 1.48 bits per heavy atom. The first-order valence-electron chi connectivity index (χ1n) is 7.44. The smallest absolute Gasteiger partial charge is 0.269 e. The van der Waals surface area contributed by atoms with E-state index in [4.69, 9.17) is 44.9 Å². The second-order valence-corrected chi connectivity index (χ2v) is 6.37. The summed E-state index contributed by atoms with van der Waals surface area (Å²) in [4.78, 5) is 24.3. The van der Waals surface area contributed by atoms with Crippen LogP contribution in [0, 0.1) is 0 Å². The predicted octanol–water partition coefficient (Wildman–Crippen LogP) is 2.96. The zero-order valence-corrected chi connectivity index (χ0v) is 16.6. The molecule has 7 nitrogen and oxygen atoms in total. The van der Waals surface area contributed by atoms with Crippen molar-refractivity contribution in [1.82, 2.24) is 16.2 Å². The van der Waals surface area contributed by atoms with Crippen LogP contribution in [0.3, 0.4) is 0 Å². The van der Waals surface area contributed by atoms with Crippen LogP contribution in [0.25, 0.3) is 0 Å². The third-order valence-electron chi connectivity index (χ3n) is 3.29. The molecule has 0 saturated carbocycles. The van der Waals surface area contributed by atoms with E-state index in [0.717, 1.165) is 0 Å². The molecule has 0 unspecified atom stereocenters. The van der Waals surface area contributed by atoms with Crippen molar-refractivity contribution in [2.45, 2.75) is 0 Å². The molecule has 27 heavy (non-hydrogen) atoms. The molecular formula is C17H15Cl2N3O4S. The molecule has 0 heterocycles. The van der Waals surface area contributed by atoms with Crippen LogP contribution in [-0.4, -0.2) is 31.1 Å². The quantitative estimate of drug-likeness (QED) is 0.513. The lowest BCUT2D eigenvalue weighted by molar-refractivity contribution is 0.0934. The highest BCUT2D eigenvalue weighted by molar-refractivity contribution is 7.80. The summed E-state index contributed by atoms with van der Waals surface area (Å²) in [6.45, 7) is 0. The maximum absolute atomic E-state index is 12.2. The number of ether oxygens (including phenoxy) is 2. The summed E-state index contributed by atoms with van der Waals surface area (Å²) < 4.78 is 10.3. The molecule has 0 aromatic heterocycles. The fourth-order valence-electron chi connectivity index (χ4n) is 2.05. The molecular weight excluding hydrogens is 413 g/mol. The van der Waals surface area contributed by atoms with Crippen LogP contribution in [0.4, 0.5) is 0 Å². The van der Waals surface area contributed by atoms with E-state index >= 15 is 0 Å². The van der Waals surface area contributed by atoms with Crippen LogP contribution in [0.15, 0.2) is 36.4 Å². The number of carbonyl (C=O) groups excluding carboxylic acids is 2. The van der Waals surface area contributed by atoms with Crippen LogP contribution in [0.5, 0.6) is 11.5 Å². The minimum atomic E-state index is -0.530. The number of thiocarbonyl (C=S) groups is 1. The molecule has 0 aliphatic heterocycles. The average molecular weight is 428 g/mol. The molecule has 0 spiro atoms. The highest BCUT2D eigenvalue weighted by Gasteiger charge is 2.13. The van der Waals surface area contributed by atoms with Gasteiger partial charge in [0.15, 0.2) is 16.6 Å². The van der Waals surface area contributed by atoms with Gasteiger partial charge in [-0.05, 0) is 48.6 Å². The molecule has 10 heteroatoms. The monoisotopic (exact) mass is 427 g/mol. The first-order chi connectivity index (χ1) is 12.8. The summed E-state index contributed by atoms with van der Waals surface area (Å²) >= 11 is 16.7. The second kappa shape index (κ2) is 9.40. The fraction of sp³-hybridized carbons (Fsp3) is 0.118. The predicted molar refractivity (Wildman–Crippen MR) is 107 cm³/mol. The highest BCUT2D eigenvalue weighted by Crippen LogP contribution is 2.27. The van der Waals surface area contributed by atoms with Crippen LogP contribution in [-0.2, 0) is 0 Å². The molecule has 0 atom stereocenters. The van der Waals surface area contributed by atoms with E-state index in [1.807, 2.05) is 0 Å². The van der Waals surface area contributed by atoms with E-state index in [9.17, 15) is 9.59 Å². The number of hydrogen-bond acceptors (Lipinski definition) is 5. The van der Waals surface area contributed by atoms with E-state index < -0.39 is 11.8 Å². The van der Waals surface area contributed by atoms with E-state index in [0.29, 0.717) is 27.1 Å². The molecule has 2 rings (SSSR count). The zero-order chi connectivity index (χ0) is 20.0. The lowest BCUT2D eigenvalue weighted by Crippen LogP contribution is -2.48. The van der Waals surface area contributed by atoms with Gasteiger partial charge < -0.3 is 9.47 Å². The molecule has 3 N–H and O–H groups in total. The lowest BCUT2D eigenvalue weighted by Gasteiger charge is -2.12. The first kappa shape index (κ1) is 20.8. The number of nitrogens with one attached hydrogen (secondary N) is 3. The van der Waals surface area contributed by atoms with Crippen LogP contribution >= 0.6 is 35.4 Å². The molecule has 2 amide bonds. The highest BCUT2D eigenvalue weighted by atomic mass is 35.5. The van der Waals surface area contributed by atoms with Gasteiger partial charge in [0.1, 0.15) is 0 Å². The Morgan fingerprint density at radius 1 is 0.852 bits per heavy atom. The zero-order valence-electron chi connectivity index (χ0n) is 14.3. The number of benzene rings is 2. The van der Waals surface area contributed by atoms with Gasteiger partial charge in [-0.3, -0.25) is 25.8 Å². The number of methoxy groups -OCH3 is 2. The molecule has 2 aromatic rings. The van der Waals surface area contributed by atoms with Gasteiger partial charge in [-0.2, -0.15) is 0 Å². The Hall–Kier alpha value is -2.55. The van der Waals surface area contributed by atoms with Crippen molar-refractivity contribution in [3.05, 3.63) is 57.6 Å². The molecule has 2 aromatic carbocycles. The SMILES string of the molecule is COc1ccc(C(=O)NNC(=S)NC(=O)c2cc(Cl)cc(Cl)c2)cc1OC. The van der Waals surface area contributed by atoms with Crippen molar-refractivity contribution in [2.24, 2.45) is 0 Å². The fourth-order valence-corrected chi connectivity index (χ4v) is 2.72. The molecule has 0 bridgehead atoms. The maximum atomic E-state index is 12.2. The number of rotatable bonds is 4. The Kier molecular flexibility index (Phi) is 7.23. The van der Waals surface area contributed by atoms with E-state index in [-0.39, 0.29) is 10.7 Å². The van der Waals surface area contributed by atoms with Gasteiger partial charge in [0.05, 0.1) is 14.2 Å². The Bertz CT molecular complexity index is 872. The summed E-state index contributed by atoms with van der Waals surface area (Å²) in [7, 11) is 2.96. The van der Waals surface area contributed by atoms with E-state index in [2.05, 4.69) is 16.2 Å². The van der Waals surface area contributed by atoms with Gasteiger partial charge in [-0.15, -0.1) is 0 Å². The van der Waals surface area contributed by atoms with Crippen LogP contribution in [0.1, 0.15) is 20.7 Å². The van der Waals surface area contributed by atoms with Gasteiger partial charge >= 0.3 is 0 Å². The van der Waals surface area contributed by atoms with Gasteiger partial charge in [0, 0.05) is 21.2 Å². The first-order valence-corrected chi connectivity index (χ1v) is 8.60. The molecule has 0 fully saturated rings. The van der Waals surface area contributed by atoms with Gasteiger partial charge in [-0.1, -0.05) is 23.2 Å². The summed E-state index contributed by atoms with van der Waals surface area (Å²) in [6.07, 6.45) is 0. The van der Waals surface area contributed by atoms with Crippen molar-refractivity contribution < 1.29 is 19.1 Å². The maximum Gasteiger partial charge on any atom is 0.269 e. The van der Waals surface area contributed by atoms with E-state index in [1.54, 1.807) is 12.1 Å². The van der Waals surface area contributed by atoms with Gasteiger partial charge in [0.2, 0.25) is 0 Å². The van der Waals surface area contributed by atoms with Crippen molar-refractivity contribution in [1.29, 1.82) is 0 Å². The molecule has 0 radical (unpaired) electrons. The van der Waals surface area contributed by atoms with Crippen LogP contribution in [0.2, 0.25) is 10.0 Å². The number of halogens is 2. The second-order valence-electron chi connectivity index (χ2n) is 5.09. The Morgan fingerprint density at radius 3 is 2.07 bits per heavy atom. The summed E-state index contributed by atoms with van der Waals surface area (Å²) in [5.74, 6) is -0.126. The minimum Gasteiger partial charge on any atom is -0.493 e. The number of amides is 2. The largest absolute Gasteiger partial charge is 0.493 e. The Labute approximate surface area is 170 Å². The Balaban J connectivity index is 1.95. The summed E-state index contributed by atoms with van der Waals surface area (Å²) in [5.41, 5.74) is 5.34. The summed E-state index contributed by atoms with van der Waals surface area (Å²) in [5, 5.41) is 2.92. The third-order valence-corrected chi connectivity index (χ3v) is 3.93. The van der Waals surface area contributed by atoms with E-state index in [1.165, 1.54) is 38.5 Å². The minimum absolute atomic E-state index is 0.107. The molecule has 0 aliphatic rings. The standard InChI is InChI=1S/C17H15Cl2N3O4S/c1-25-13-4-3-9(7-14(13)26-2)16(24)21-22-17(27)20-15(23)10-5-11(18)8-12(19)6-10/h3-8H,1-2H3,(H,21,24)(H2,20,22,23,27). The molecule has 0 saturated heterocycles. The van der Waals surface area contributed by atoms with Gasteiger partial charge in [-0.25, -0.2) is 0 Å². The van der Waals surface area contributed by atoms with Crippen LogP contribution < -0.4 is 25.6 Å². The lowest BCUT2D eigenvalue weighted by atomic mass is 10.2. The topological polar surface area (TPSA) is 88.7 Å². The van der Waals surface area contributed by atoms with Crippen molar-refractivity contribution >= 4 is 52.3 Å². The molecule has 0 aliphatic carbocycles. The number of hydrazine groups is 1. The van der Waals surface area contributed by atoms with Crippen molar-refractivity contribution in [3.8, 4) is 11.5 Å². The molecule has 142 valence electrons. The average Bonchev–Trinajstić information content (AvgIpc) is 2.64. The normalized spacial score (nSPS) is 9.93.